The summed E-state index contributed by atoms with van der Waals surface area (Å²) in [6.07, 6.45) is 3.40. The third-order valence-corrected chi connectivity index (χ3v) is 4.90. The van der Waals surface area contributed by atoms with E-state index in [0.717, 1.165) is 5.56 Å². The average Bonchev–Trinajstić information content (AvgIpc) is 3.32. The van der Waals surface area contributed by atoms with E-state index in [1.807, 2.05) is 25.1 Å². The van der Waals surface area contributed by atoms with Crippen LogP contribution in [0.4, 0.5) is 5.69 Å². The molecule has 0 aliphatic heterocycles. The summed E-state index contributed by atoms with van der Waals surface area (Å²) in [6.45, 7) is 2.68. The van der Waals surface area contributed by atoms with Crippen LogP contribution >= 0.6 is 23.2 Å². The monoisotopic (exact) mass is 425 g/mol. The normalized spacial score (nSPS) is 10.9. The Balaban J connectivity index is 1.45. The second kappa shape index (κ2) is 8.11. The Hall–Kier alpha value is -3.09. The number of H-pyrrole nitrogens is 1. The van der Waals surface area contributed by atoms with Gasteiger partial charge in [0, 0.05) is 16.8 Å². The number of carbonyl (C=O) groups is 1. The third-order valence-electron chi connectivity index (χ3n) is 4.35. The van der Waals surface area contributed by atoms with Crippen molar-refractivity contribution < 1.29 is 4.79 Å². The Morgan fingerprint density at radius 1 is 1.17 bits per heavy atom. The molecule has 0 saturated carbocycles. The predicted molar refractivity (Wildman–Crippen MR) is 115 cm³/mol. The largest absolute Gasteiger partial charge is 0.318 e. The van der Waals surface area contributed by atoms with Crippen molar-refractivity contribution in [2.75, 3.05) is 5.32 Å². The zero-order chi connectivity index (χ0) is 20.4. The van der Waals surface area contributed by atoms with E-state index < -0.39 is 0 Å². The molecule has 4 rings (SSSR count). The lowest BCUT2D eigenvalue weighted by Gasteiger charge is -2.03. The fraction of sp³-hybridized carbons (Fsp3) is 0.0952. The zero-order valence-corrected chi connectivity index (χ0v) is 17.0. The molecular weight excluding hydrogens is 409 g/mol. The highest BCUT2D eigenvalue weighted by atomic mass is 35.5. The van der Waals surface area contributed by atoms with Gasteiger partial charge in [-0.25, -0.2) is 0 Å². The minimum absolute atomic E-state index is 0.316. The van der Waals surface area contributed by atoms with Crippen LogP contribution in [0.3, 0.4) is 0 Å². The lowest BCUT2D eigenvalue weighted by molar-refractivity contribution is 0.102. The summed E-state index contributed by atoms with van der Waals surface area (Å²) in [4.78, 5) is 12.5. The van der Waals surface area contributed by atoms with E-state index in [9.17, 15) is 4.79 Å². The minimum Gasteiger partial charge on any atom is -0.318 e. The van der Waals surface area contributed by atoms with Crippen LogP contribution in [-0.2, 0) is 6.54 Å². The maximum absolute atomic E-state index is 12.5. The first-order chi connectivity index (χ1) is 14.0. The summed E-state index contributed by atoms with van der Waals surface area (Å²) in [5, 5.41) is 15.0. The minimum atomic E-state index is -0.316. The van der Waals surface area contributed by atoms with Crippen molar-refractivity contribution in [3.63, 3.8) is 0 Å². The number of hydrogen-bond acceptors (Lipinski definition) is 3. The SMILES string of the molecule is Cc1cccc(Cn2cc(NC(=O)c3cc(-c4ccc(Cl)cc4Cl)n[nH]3)cn2)c1. The number of halogens is 2. The molecular formula is C21H17Cl2N5O. The number of aromatic nitrogens is 4. The number of carbonyl (C=O) groups excluding carboxylic acids is 1. The molecule has 0 spiro atoms. The Bertz CT molecular complexity index is 1180. The van der Waals surface area contributed by atoms with E-state index in [1.165, 1.54) is 5.56 Å². The van der Waals surface area contributed by atoms with Gasteiger partial charge in [-0.05, 0) is 36.8 Å². The molecule has 0 bridgehead atoms. The number of nitrogens with zero attached hydrogens (tertiary/aromatic N) is 3. The second-order valence-corrected chi connectivity index (χ2v) is 7.50. The van der Waals surface area contributed by atoms with E-state index in [-0.39, 0.29) is 5.91 Å². The molecule has 8 heteroatoms. The third kappa shape index (κ3) is 4.50. The Kier molecular flexibility index (Phi) is 5.38. The van der Waals surface area contributed by atoms with Gasteiger partial charge in [-0.15, -0.1) is 0 Å². The number of nitrogens with one attached hydrogen (secondary N) is 2. The number of aryl methyl sites for hydroxylation is 1. The molecule has 0 fully saturated rings. The van der Waals surface area contributed by atoms with Crippen LogP contribution in [0.2, 0.25) is 10.0 Å². The first-order valence-electron chi connectivity index (χ1n) is 8.88. The molecule has 0 radical (unpaired) electrons. The molecule has 2 heterocycles. The lowest BCUT2D eigenvalue weighted by Crippen LogP contribution is -2.11. The molecule has 6 nitrogen and oxygen atoms in total. The van der Waals surface area contributed by atoms with Gasteiger partial charge in [-0.1, -0.05) is 53.0 Å². The van der Waals surface area contributed by atoms with Crippen molar-refractivity contribution in [1.29, 1.82) is 0 Å². The fourth-order valence-corrected chi connectivity index (χ4v) is 3.49. The van der Waals surface area contributed by atoms with Gasteiger partial charge in [0.1, 0.15) is 5.69 Å². The van der Waals surface area contributed by atoms with Crippen molar-refractivity contribution >= 4 is 34.8 Å². The van der Waals surface area contributed by atoms with E-state index in [0.29, 0.717) is 39.2 Å². The Morgan fingerprint density at radius 3 is 2.83 bits per heavy atom. The van der Waals surface area contributed by atoms with Crippen molar-refractivity contribution in [1.82, 2.24) is 20.0 Å². The van der Waals surface area contributed by atoms with E-state index in [4.69, 9.17) is 23.2 Å². The summed E-state index contributed by atoms with van der Waals surface area (Å²) >= 11 is 12.1. The van der Waals surface area contributed by atoms with Gasteiger partial charge in [0.2, 0.25) is 0 Å². The molecule has 0 saturated heterocycles. The highest BCUT2D eigenvalue weighted by molar-refractivity contribution is 6.36. The quantitative estimate of drug-likeness (QED) is 0.461. The molecule has 0 atom stereocenters. The van der Waals surface area contributed by atoms with Crippen molar-refractivity contribution in [2.24, 2.45) is 0 Å². The van der Waals surface area contributed by atoms with Crippen molar-refractivity contribution in [3.05, 3.63) is 87.8 Å². The summed E-state index contributed by atoms with van der Waals surface area (Å²) in [5.74, 6) is -0.316. The molecule has 1 amide bonds. The smallest absolute Gasteiger partial charge is 0.273 e. The molecule has 29 heavy (non-hydrogen) atoms. The number of benzene rings is 2. The lowest BCUT2D eigenvalue weighted by atomic mass is 10.1. The van der Waals surface area contributed by atoms with Gasteiger partial charge in [-0.2, -0.15) is 10.2 Å². The topological polar surface area (TPSA) is 75.6 Å². The molecule has 4 aromatic rings. The Morgan fingerprint density at radius 2 is 2.03 bits per heavy atom. The van der Waals surface area contributed by atoms with Crippen LogP contribution < -0.4 is 5.32 Å². The van der Waals surface area contributed by atoms with Gasteiger partial charge in [0.25, 0.3) is 5.91 Å². The van der Waals surface area contributed by atoms with E-state index >= 15 is 0 Å². The molecule has 0 aliphatic rings. The highest BCUT2D eigenvalue weighted by Crippen LogP contribution is 2.29. The van der Waals surface area contributed by atoms with Crippen LogP contribution in [0.1, 0.15) is 21.6 Å². The predicted octanol–water partition coefficient (Wildman–Crippen LogP) is 5.19. The van der Waals surface area contributed by atoms with Crippen molar-refractivity contribution in [2.45, 2.75) is 13.5 Å². The summed E-state index contributed by atoms with van der Waals surface area (Å²) in [5.41, 5.74) is 4.51. The highest BCUT2D eigenvalue weighted by Gasteiger charge is 2.14. The standard InChI is InChI=1S/C21H17Cl2N5O/c1-13-3-2-4-14(7-13)11-28-12-16(10-24-28)25-21(29)20-9-19(26-27-20)17-6-5-15(22)8-18(17)23/h2-10,12H,11H2,1H3,(H,25,29)(H,26,27). The molecule has 0 aliphatic carbocycles. The molecule has 2 aromatic heterocycles. The zero-order valence-electron chi connectivity index (χ0n) is 15.5. The molecule has 0 unspecified atom stereocenters. The first kappa shape index (κ1) is 19.2. The van der Waals surface area contributed by atoms with Crippen LogP contribution in [0.5, 0.6) is 0 Å². The maximum atomic E-state index is 12.5. The van der Waals surface area contributed by atoms with E-state index in [2.05, 4.69) is 26.7 Å². The average molecular weight is 426 g/mol. The van der Waals surface area contributed by atoms with Gasteiger partial charge in [0.05, 0.1) is 29.1 Å². The van der Waals surface area contributed by atoms with Gasteiger partial charge in [0.15, 0.2) is 0 Å². The summed E-state index contributed by atoms with van der Waals surface area (Å²) in [6, 6.07) is 15.0. The number of anilines is 1. The van der Waals surface area contributed by atoms with Crippen LogP contribution in [0, 0.1) is 6.92 Å². The van der Waals surface area contributed by atoms with Crippen LogP contribution in [0.25, 0.3) is 11.3 Å². The summed E-state index contributed by atoms with van der Waals surface area (Å²) < 4.78 is 1.77. The van der Waals surface area contributed by atoms with Crippen LogP contribution in [-0.4, -0.2) is 25.9 Å². The van der Waals surface area contributed by atoms with Gasteiger partial charge in [-0.3, -0.25) is 14.6 Å². The van der Waals surface area contributed by atoms with Gasteiger partial charge < -0.3 is 5.32 Å². The number of hydrogen-bond donors (Lipinski definition) is 2. The second-order valence-electron chi connectivity index (χ2n) is 6.66. The Labute approximate surface area is 177 Å². The van der Waals surface area contributed by atoms with Gasteiger partial charge >= 0.3 is 0 Å². The van der Waals surface area contributed by atoms with Crippen LogP contribution in [0.15, 0.2) is 60.9 Å². The van der Waals surface area contributed by atoms with E-state index in [1.54, 1.807) is 41.3 Å². The molecule has 2 aromatic carbocycles. The number of amides is 1. The molecule has 2 N–H and O–H groups in total. The fourth-order valence-electron chi connectivity index (χ4n) is 2.98. The first-order valence-corrected chi connectivity index (χ1v) is 9.64. The molecule has 146 valence electrons. The summed E-state index contributed by atoms with van der Waals surface area (Å²) in [7, 11) is 0. The number of aromatic amines is 1. The number of rotatable bonds is 5. The maximum Gasteiger partial charge on any atom is 0.273 e. The van der Waals surface area contributed by atoms with Crippen molar-refractivity contribution in [3.8, 4) is 11.3 Å².